The van der Waals surface area contributed by atoms with Crippen molar-refractivity contribution in [2.75, 3.05) is 13.2 Å². The molecule has 4 heterocycles. The Morgan fingerprint density at radius 2 is 1.91 bits per heavy atom. The summed E-state index contributed by atoms with van der Waals surface area (Å²) in [4.78, 5) is 13.2. The minimum Gasteiger partial charge on any atom is -0.491 e. The van der Waals surface area contributed by atoms with Crippen molar-refractivity contribution in [3.63, 3.8) is 0 Å². The quantitative estimate of drug-likeness (QED) is 0.545. The molecule has 2 aromatic carbocycles. The molecule has 3 aromatic rings. The van der Waals surface area contributed by atoms with Crippen molar-refractivity contribution in [3.05, 3.63) is 64.0 Å². The Kier molecular flexibility index (Phi) is 5.97. The number of nitrogens with one attached hydrogen (secondary N) is 1. The molecule has 6 nitrogen and oxygen atoms in total. The molecule has 3 aliphatic rings. The van der Waals surface area contributed by atoms with Crippen molar-refractivity contribution >= 4 is 22.4 Å². The van der Waals surface area contributed by atoms with Gasteiger partial charge in [-0.05, 0) is 86.4 Å². The lowest BCUT2D eigenvalue weighted by Crippen LogP contribution is -2.42. The van der Waals surface area contributed by atoms with E-state index in [1.807, 2.05) is 36.4 Å². The van der Waals surface area contributed by atoms with Gasteiger partial charge in [-0.25, -0.2) is 0 Å². The van der Waals surface area contributed by atoms with E-state index in [2.05, 4.69) is 5.32 Å². The molecule has 178 valence electrons. The van der Waals surface area contributed by atoms with E-state index in [4.69, 9.17) is 25.8 Å². The highest BCUT2D eigenvalue weighted by atomic mass is 35.5. The van der Waals surface area contributed by atoms with Crippen LogP contribution in [0.4, 0.5) is 0 Å². The first-order valence-electron chi connectivity index (χ1n) is 12.2. The summed E-state index contributed by atoms with van der Waals surface area (Å²) in [5, 5.41) is 5.63. The molecule has 0 saturated carbocycles. The molecular formula is C27H29ClN2O4. The Morgan fingerprint density at radius 3 is 2.68 bits per heavy atom. The second-order valence-corrected chi connectivity index (χ2v) is 10.1. The lowest BCUT2D eigenvalue weighted by Gasteiger charge is -2.29. The normalized spacial score (nSPS) is 26.1. The van der Waals surface area contributed by atoms with Crippen LogP contribution in [0.2, 0.25) is 5.02 Å². The lowest BCUT2D eigenvalue weighted by atomic mass is 10.0. The maximum absolute atomic E-state index is 13.2. The van der Waals surface area contributed by atoms with Crippen molar-refractivity contribution in [1.82, 2.24) is 9.88 Å². The van der Waals surface area contributed by atoms with E-state index in [0.29, 0.717) is 40.5 Å². The number of ether oxygens (including phenoxy) is 3. The van der Waals surface area contributed by atoms with Crippen LogP contribution in [0.1, 0.15) is 38.5 Å². The van der Waals surface area contributed by atoms with Crippen LogP contribution in [0.25, 0.3) is 16.5 Å². The van der Waals surface area contributed by atoms with Gasteiger partial charge >= 0.3 is 0 Å². The Morgan fingerprint density at radius 1 is 1.06 bits per heavy atom. The minimum absolute atomic E-state index is 0.0946. The minimum atomic E-state index is -0.0946. The second kappa shape index (κ2) is 9.25. The molecule has 2 bridgehead atoms. The van der Waals surface area contributed by atoms with E-state index in [0.717, 1.165) is 43.4 Å². The van der Waals surface area contributed by atoms with Crippen molar-refractivity contribution in [1.29, 1.82) is 0 Å². The molecular weight excluding hydrogens is 452 g/mol. The van der Waals surface area contributed by atoms with Crippen LogP contribution in [0.15, 0.2) is 53.5 Å². The van der Waals surface area contributed by atoms with Gasteiger partial charge in [-0.15, -0.1) is 0 Å². The highest BCUT2D eigenvalue weighted by molar-refractivity contribution is 6.32. The van der Waals surface area contributed by atoms with E-state index >= 15 is 0 Å². The summed E-state index contributed by atoms with van der Waals surface area (Å²) in [6.07, 6.45) is 8.72. The van der Waals surface area contributed by atoms with Crippen LogP contribution in [-0.4, -0.2) is 42.1 Å². The molecule has 3 atom stereocenters. The zero-order valence-corrected chi connectivity index (χ0v) is 19.8. The number of piperidine rings is 1. The van der Waals surface area contributed by atoms with Gasteiger partial charge in [-0.3, -0.25) is 9.36 Å². The van der Waals surface area contributed by atoms with Crippen molar-refractivity contribution < 1.29 is 14.2 Å². The molecule has 3 fully saturated rings. The first-order chi connectivity index (χ1) is 16.6. The molecule has 0 amide bonds. The van der Waals surface area contributed by atoms with Gasteiger partial charge < -0.3 is 19.5 Å². The van der Waals surface area contributed by atoms with E-state index in [-0.39, 0.29) is 17.8 Å². The molecule has 3 unspecified atom stereocenters. The van der Waals surface area contributed by atoms with Crippen LogP contribution in [0.3, 0.4) is 0 Å². The van der Waals surface area contributed by atoms with Gasteiger partial charge in [-0.2, -0.15) is 0 Å². The number of aromatic nitrogens is 1. The summed E-state index contributed by atoms with van der Waals surface area (Å²) >= 11 is 6.58. The van der Waals surface area contributed by atoms with Crippen LogP contribution >= 0.6 is 11.6 Å². The van der Waals surface area contributed by atoms with Crippen LogP contribution < -0.4 is 20.3 Å². The van der Waals surface area contributed by atoms with Gasteiger partial charge in [0.05, 0.1) is 16.8 Å². The molecule has 0 aliphatic carbocycles. The van der Waals surface area contributed by atoms with Crippen molar-refractivity contribution in [2.45, 2.75) is 62.8 Å². The highest BCUT2D eigenvalue weighted by Gasteiger charge is 2.34. The molecule has 7 heteroatoms. The molecule has 0 radical (unpaired) electrons. The fourth-order valence-corrected chi connectivity index (χ4v) is 5.72. The third-order valence-corrected chi connectivity index (χ3v) is 7.55. The predicted molar refractivity (Wildman–Crippen MR) is 133 cm³/mol. The van der Waals surface area contributed by atoms with Crippen molar-refractivity contribution in [3.8, 4) is 17.2 Å². The van der Waals surface area contributed by atoms with Gasteiger partial charge in [0.2, 0.25) is 0 Å². The summed E-state index contributed by atoms with van der Waals surface area (Å²) in [6.45, 7) is 1.34. The largest absolute Gasteiger partial charge is 0.491 e. The number of nitrogens with zero attached hydrogens (tertiary/aromatic N) is 1. The molecule has 3 saturated heterocycles. The first-order valence-corrected chi connectivity index (χ1v) is 12.6. The van der Waals surface area contributed by atoms with Crippen molar-refractivity contribution in [2.24, 2.45) is 0 Å². The number of rotatable bonds is 6. The molecule has 0 spiro atoms. The van der Waals surface area contributed by atoms with Gasteiger partial charge in [-0.1, -0.05) is 11.6 Å². The topological polar surface area (TPSA) is 61.7 Å². The number of pyridine rings is 1. The Hall–Kier alpha value is -2.54. The summed E-state index contributed by atoms with van der Waals surface area (Å²) in [7, 11) is 0. The summed E-state index contributed by atoms with van der Waals surface area (Å²) in [5.41, 5.74) is 0.621. The van der Waals surface area contributed by atoms with E-state index in [1.165, 1.54) is 12.8 Å². The van der Waals surface area contributed by atoms with Gasteiger partial charge in [0.25, 0.3) is 5.56 Å². The van der Waals surface area contributed by atoms with E-state index in [9.17, 15) is 4.79 Å². The molecule has 1 N–H and O–H groups in total. The number of hydrogen-bond donors (Lipinski definition) is 1. The Balaban J connectivity index is 1.20. The molecule has 3 aliphatic heterocycles. The smallest absolute Gasteiger partial charge is 0.262 e. The predicted octanol–water partition coefficient (Wildman–Crippen LogP) is 4.86. The fourth-order valence-electron chi connectivity index (χ4n) is 5.50. The summed E-state index contributed by atoms with van der Waals surface area (Å²) in [6, 6.07) is 14.2. The third kappa shape index (κ3) is 4.42. The number of halogens is 1. The summed E-state index contributed by atoms with van der Waals surface area (Å²) < 4.78 is 19.4. The third-order valence-electron chi connectivity index (χ3n) is 7.25. The Bertz CT molecular complexity index is 1240. The number of fused-ring (bicyclic) bond motifs is 3. The Labute approximate surface area is 203 Å². The number of hydrogen-bond acceptors (Lipinski definition) is 5. The fraction of sp³-hybridized carbons (Fsp3) is 0.444. The van der Waals surface area contributed by atoms with E-state index in [1.54, 1.807) is 16.8 Å². The van der Waals surface area contributed by atoms with Gasteiger partial charge in [0.1, 0.15) is 24.2 Å². The van der Waals surface area contributed by atoms with Gasteiger partial charge in [0, 0.05) is 30.3 Å². The molecule has 1 aromatic heterocycles. The zero-order chi connectivity index (χ0) is 23.1. The van der Waals surface area contributed by atoms with Crippen LogP contribution in [0, 0.1) is 0 Å². The number of benzene rings is 2. The molecule has 6 rings (SSSR count). The van der Waals surface area contributed by atoms with Crippen LogP contribution in [0.5, 0.6) is 11.5 Å². The monoisotopic (exact) mass is 480 g/mol. The average molecular weight is 481 g/mol. The first kappa shape index (κ1) is 22.0. The maximum atomic E-state index is 13.2. The molecule has 34 heavy (non-hydrogen) atoms. The standard InChI is InChI=1S/C27H29ClN2O4/c28-25-15-20(5-8-26(25)34-23-13-18-3-4-19(14-23)29-18)30-10-9-17-12-21(6-7-24(17)27(30)31)33-16-22-2-1-11-32-22/h5-10,12,15,18-19,22-23,29H,1-4,11,13-14,16H2. The van der Waals surface area contributed by atoms with E-state index < -0.39 is 0 Å². The zero-order valence-electron chi connectivity index (χ0n) is 19.0. The summed E-state index contributed by atoms with van der Waals surface area (Å²) in [5.74, 6) is 1.43. The maximum Gasteiger partial charge on any atom is 0.262 e. The van der Waals surface area contributed by atoms with Crippen LogP contribution in [-0.2, 0) is 4.74 Å². The second-order valence-electron chi connectivity index (χ2n) is 9.65. The highest BCUT2D eigenvalue weighted by Crippen LogP contribution is 2.33. The lowest BCUT2D eigenvalue weighted by molar-refractivity contribution is 0.0680. The van der Waals surface area contributed by atoms with Gasteiger partial charge in [0.15, 0.2) is 0 Å². The average Bonchev–Trinajstić information content (AvgIpc) is 3.48. The SMILES string of the molecule is O=c1c2ccc(OCC3CCCO3)cc2ccn1-c1ccc(OC2CC3CCC(C2)N3)c(Cl)c1.